The van der Waals surface area contributed by atoms with Gasteiger partial charge in [-0.3, -0.25) is 4.79 Å². The molecule has 0 rings (SSSR count). The Bertz CT molecular complexity index is 336. The first kappa shape index (κ1) is 17.6. The monoisotopic (exact) mass is 262 g/mol. The third-order valence-corrected chi connectivity index (χ3v) is 2.84. The first-order valence-electron chi connectivity index (χ1n) is 7.45. The van der Waals surface area contributed by atoms with Crippen LogP contribution in [0.4, 0.5) is 0 Å². The summed E-state index contributed by atoms with van der Waals surface area (Å²) < 4.78 is 0. The van der Waals surface area contributed by atoms with Gasteiger partial charge in [-0.1, -0.05) is 50.9 Å². The van der Waals surface area contributed by atoms with E-state index >= 15 is 0 Å². The molecule has 0 heterocycles. The summed E-state index contributed by atoms with van der Waals surface area (Å²) in [6.45, 7) is 2.21. The van der Waals surface area contributed by atoms with Crippen LogP contribution in [-0.4, -0.2) is 11.1 Å². The summed E-state index contributed by atoms with van der Waals surface area (Å²) in [6.07, 6.45) is 11.0. The fourth-order valence-electron chi connectivity index (χ4n) is 1.70. The molecule has 0 saturated carbocycles. The lowest BCUT2D eigenvalue weighted by Crippen LogP contribution is -1.93. The predicted molar refractivity (Wildman–Crippen MR) is 79.6 cm³/mol. The summed E-state index contributed by atoms with van der Waals surface area (Å²) >= 11 is 0. The molecule has 1 N–H and O–H groups in total. The van der Waals surface area contributed by atoms with Gasteiger partial charge in [0.1, 0.15) is 0 Å². The molecule has 2 nitrogen and oxygen atoms in total. The predicted octanol–water partition coefficient (Wildman–Crippen LogP) is 4.39. The first-order valence-corrected chi connectivity index (χ1v) is 7.45. The smallest absolute Gasteiger partial charge is 0.303 e. The van der Waals surface area contributed by atoms with Crippen LogP contribution in [0.25, 0.3) is 0 Å². The average molecular weight is 262 g/mol. The van der Waals surface area contributed by atoms with E-state index in [0.717, 1.165) is 38.5 Å². The standard InChI is InChI=1S/C17H26O2/c1-2-3-4-5-6-7-8-9-10-11-12-13-14-15-16-17(18)19/h2-6,11-16H2,1H3,(H,18,19). The van der Waals surface area contributed by atoms with Crippen molar-refractivity contribution in [1.29, 1.82) is 0 Å². The van der Waals surface area contributed by atoms with Crippen LogP contribution in [0, 0.1) is 23.7 Å². The van der Waals surface area contributed by atoms with Crippen LogP contribution >= 0.6 is 0 Å². The number of carbonyl (C=O) groups is 1. The molecule has 0 aliphatic heterocycles. The highest BCUT2D eigenvalue weighted by Gasteiger charge is 1.95. The minimum atomic E-state index is -0.700. The Morgan fingerprint density at radius 1 is 0.842 bits per heavy atom. The van der Waals surface area contributed by atoms with Crippen LogP contribution in [0.5, 0.6) is 0 Å². The van der Waals surface area contributed by atoms with E-state index in [0.29, 0.717) is 0 Å². The Labute approximate surface area is 118 Å². The zero-order valence-electron chi connectivity index (χ0n) is 12.1. The Morgan fingerprint density at radius 3 is 1.89 bits per heavy atom. The van der Waals surface area contributed by atoms with Crippen molar-refractivity contribution in [2.24, 2.45) is 0 Å². The molecule has 106 valence electrons. The summed E-state index contributed by atoms with van der Waals surface area (Å²) in [5.74, 6) is 11.2. The van der Waals surface area contributed by atoms with Gasteiger partial charge < -0.3 is 5.11 Å². The number of rotatable bonds is 10. The van der Waals surface area contributed by atoms with Gasteiger partial charge in [-0.15, -0.1) is 0 Å². The summed E-state index contributed by atoms with van der Waals surface area (Å²) in [4.78, 5) is 10.3. The van der Waals surface area contributed by atoms with Crippen LogP contribution < -0.4 is 0 Å². The van der Waals surface area contributed by atoms with Crippen molar-refractivity contribution in [1.82, 2.24) is 0 Å². The highest BCUT2D eigenvalue weighted by molar-refractivity contribution is 5.66. The maximum absolute atomic E-state index is 10.3. The van der Waals surface area contributed by atoms with Crippen molar-refractivity contribution < 1.29 is 9.90 Å². The van der Waals surface area contributed by atoms with E-state index in [2.05, 4.69) is 30.6 Å². The Hall–Kier alpha value is -1.41. The van der Waals surface area contributed by atoms with E-state index < -0.39 is 5.97 Å². The zero-order chi connectivity index (χ0) is 14.2. The van der Waals surface area contributed by atoms with Crippen molar-refractivity contribution in [2.75, 3.05) is 0 Å². The van der Waals surface area contributed by atoms with Crippen LogP contribution in [-0.2, 0) is 4.79 Å². The zero-order valence-corrected chi connectivity index (χ0v) is 12.1. The fraction of sp³-hybridized carbons (Fsp3) is 0.706. The van der Waals surface area contributed by atoms with Crippen LogP contribution in [0.2, 0.25) is 0 Å². The Morgan fingerprint density at radius 2 is 1.37 bits per heavy atom. The van der Waals surface area contributed by atoms with E-state index in [1.807, 2.05) is 0 Å². The molecule has 0 radical (unpaired) electrons. The molecule has 0 fully saturated rings. The van der Waals surface area contributed by atoms with Gasteiger partial charge >= 0.3 is 5.97 Å². The molecular weight excluding hydrogens is 236 g/mol. The van der Waals surface area contributed by atoms with Crippen LogP contribution in [0.15, 0.2) is 0 Å². The summed E-state index contributed by atoms with van der Waals surface area (Å²) in [6, 6.07) is 0. The quantitative estimate of drug-likeness (QED) is 0.468. The minimum absolute atomic E-state index is 0.287. The van der Waals surface area contributed by atoms with Gasteiger partial charge in [0.2, 0.25) is 0 Å². The van der Waals surface area contributed by atoms with E-state index in [1.54, 1.807) is 0 Å². The minimum Gasteiger partial charge on any atom is -0.481 e. The molecule has 0 atom stereocenters. The number of hydrogen-bond donors (Lipinski definition) is 1. The van der Waals surface area contributed by atoms with Gasteiger partial charge in [-0.2, -0.15) is 0 Å². The molecular formula is C17H26O2. The second kappa shape index (κ2) is 14.7. The lowest BCUT2D eigenvalue weighted by molar-refractivity contribution is -0.137. The molecule has 0 aromatic heterocycles. The highest BCUT2D eigenvalue weighted by Crippen LogP contribution is 2.04. The largest absolute Gasteiger partial charge is 0.481 e. The van der Waals surface area contributed by atoms with E-state index in [4.69, 9.17) is 5.11 Å². The normalized spacial score (nSPS) is 9.11. The van der Waals surface area contributed by atoms with Crippen molar-refractivity contribution >= 4 is 5.97 Å². The third-order valence-electron chi connectivity index (χ3n) is 2.84. The topological polar surface area (TPSA) is 37.3 Å². The molecule has 0 aliphatic rings. The average Bonchev–Trinajstić information content (AvgIpc) is 2.39. The molecule has 0 bridgehead atoms. The molecule has 0 aromatic carbocycles. The highest BCUT2D eigenvalue weighted by atomic mass is 16.4. The van der Waals surface area contributed by atoms with E-state index in [1.165, 1.54) is 25.7 Å². The molecule has 0 spiro atoms. The molecule has 0 saturated heterocycles. The van der Waals surface area contributed by atoms with E-state index in [9.17, 15) is 4.79 Å². The number of aliphatic carboxylic acids is 1. The number of carboxylic acids is 1. The first-order chi connectivity index (χ1) is 9.27. The van der Waals surface area contributed by atoms with Crippen molar-refractivity contribution in [3.05, 3.63) is 0 Å². The molecule has 0 aromatic rings. The maximum atomic E-state index is 10.3. The Kier molecular flexibility index (Phi) is 13.6. The van der Waals surface area contributed by atoms with Gasteiger partial charge in [0.25, 0.3) is 0 Å². The maximum Gasteiger partial charge on any atom is 0.303 e. The van der Waals surface area contributed by atoms with Crippen molar-refractivity contribution in [3.63, 3.8) is 0 Å². The van der Waals surface area contributed by atoms with Crippen LogP contribution in [0.1, 0.15) is 77.6 Å². The molecule has 2 heteroatoms. The second-order valence-corrected chi connectivity index (χ2v) is 4.72. The summed E-state index contributed by atoms with van der Waals surface area (Å²) in [5.41, 5.74) is 0. The number of hydrogen-bond acceptors (Lipinski definition) is 1. The number of unbranched alkanes of at least 4 members (excludes halogenated alkanes) is 8. The van der Waals surface area contributed by atoms with Gasteiger partial charge in [0.15, 0.2) is 0 Å². The van der Waals surface area contributed by atoms with Gasteiger partial charge in [-0.05, 0) is 31.1 Å². The fourth-order valence-corrected chi connectivity index (χ4v) is 1.70. The van der Waals surface area contributed by atoms with Gasteiger partial charge in [0.05, 0.1) is 0 Å². The molecule has 19 heavy (non-hydrogen) atoms. The van der Waals surface area contributed by atoms with Gasteiger partial charge in [0, 0.05) is 19.3 Å². The summed E-state index contributed by atoms with van der Waals surface area (Å²) in [5, 5.41) is 8.47. The second-order valence-electron chi connectivity index (χ2n) is 4.72. The van der Waals surface area contributed by atoms with Gasteiger partial charge in [-0.25, -0.2) is 0 Å². The summed E-state index contributed by atoms with van der Waals surface area (Å²) in [7, 11) is 0. The van der Waals surface area contributed by atoms with Crippen molar-refractivity contribution in [2.45, 2.75) is 77.6 Å². The Balaban J connectivity index is 3.30. The lowest BCUT2D eigenvalue weighted by atomic mass is 10.1. The molecule has 0 aliphatic carbocycles. The number of carboxylic acid groups (broad SMARTS) is 1. The van der Waals surface area contributed by atoms with E-state index in [-0.39, 0.29) is 6.42 Å². The SMILES string of the molecule is CCCCCCC#CC#CCCCCCCC(=O)O. The van der Waals surface area contributed by atoms with Crippen LogP contribution in [0.3, 0.4) is 0 Å². The molecule has 0 amide bonds. The lowest BCUT2D eigenvalue weighted by Gasteiger charge is -1.95. The third kappa shape index (κ3) is 16.6. The molecule has 0 unspecified atom stereocenters. The van der Waals surface area contributed by atoms with Crippen molar-refractivity contribution in [3.8, 4) is 23.7 Å².